The first-order valence-corrected chi connectivity index (χ1v) is 8.04. The van der Waals surface area contributed by atoms with E-state index < -0.39 is 0 Å². The lowest BCUT2D eigenvalue weighted by Gasteiger charge is -2.35. The largest absolute Gasteiger partial charge is 0.311 e. The lowest BCUT2D eigenvalue weighted by atomic mass is 9.98. The third-order valence-electron chi connectivity index (χ3n) is 5.04. The Hall–Kier alpha value is -0.870. The normalized spacial score (nSPS) is 29.6. The third-order valence-corrected chi connectivity index (χ3v) is 5.04. The molecule has 1 aromatic rings. The topological polar surface area (TPSA) is 33.1 Å². The number of nitrogens with one attached hydrogen (secondary N) is 1. The molecular weight excluding hydrogens is 248 g/mol. The fourth-order valence-electron chi connectivity index (χ4n) is 3.72. The van der Waals surface area contributed by atoms with Crippen LogP contribution in [0.15, 0.2) is 6.20 Å². The minimum absolute atomic E-state index is 0.447. The highest BCUT2D eigenvalue weighted by Crippen LogP contribution is 2.30. The second-order valence-electron chi connectivity index (χ2n) is 6.99. The van der Waals surface area contributed by atoms with Crippen molar-refractivity contribution in [2.24, 2.45) is 0 Å². The summed E-state index contributed by atoms with van der Waals surface area (Å²) in [7, 11) is 2.28. The van der Waals surface area contributed by atoms with Crippen molar-refractivity contribution in [1.82, 2.24) is 20.0 Å². The summed E-state index contributed by atoms with van der Waals surface area (Å²) >= 11 is 0. The van der Waals surface area contributed by atoms with Crippen molar-refractivity contribution in [2.75, 3.05) is 7.05 Å². The van der Waals surface area contributed by atoms with Gasteiger partial charge in [-0.3, -0.25) is 9.58 Å². The average molecular weight is 276 g/mol. The van der Waals surface area contributed by atoms with Crippen LogP contribution in [0.5, 0.6) is 0 Å². The van der Waals surface area contributed by atoms with Crippen molar-refractivity contribution < 1.29 is 0 Å². The van der Waals surface area contributed by atoms with Gasteiger partial charge in [-0.1, -0.05) is 0 Å². The maximum atomic E-state index is 4.63. The quantitative estimate of drug-likeness (QED) is 0.917. The van der Waals surface area contributed by atoms with Crippen LogP contribution in [-0.2, 0) is 6.54 Å². The molecule has 0 aromatic carbocycles. The number of hydrogen-bond donors (Lipinski definition) is 1. The van der Waals surface area contributed by atoms with Gasteiger partial charge in [-0.15, -0.1) is 0 Å². The van der Waals surface area contributed by atoms with Crippen molar-refractivity contribution >= 4 is 0 Å². The van der Waals surface area contributed by atoms with Gasteiger partial charge < -0.3 is 5.32 Å². The van der Waals surface area contributed by atoms with E-state index in [4.69, 9.17) is 0 Å². The monoisotopic (exact) mass is 276 g/mol. The molecule has 0 aliphatic carbocycles. The van der Waals surface area contributed by atoms with Gasteiger partial charge >= 0.3 is 0 Å². The first-order valence-electron chi connectivity index (χ1n) is 8.04. The van der Waals surface area contributed by atoms with Gasteiger partial charge in [-0.05, 0) is 53.5 Å². The molecule has 112 valence electrons. The third kappa shape index (κ3) is 2.77. The van der Waals surface area contributed by atoms with Gasteiger partial charge in [-0.2, -0.15) is 5.10 Å². The van der Waals surface area contributed by atoms with E-state index >= 15 is 0 Å². The van der Waals surface area contributed by atoms with Crippen molar-refractivity contribution in [2.45, 2.75) is 77.2 Å². The van der Waals surface area contributed by atoms with E-state index in [0.29, 0.717) is 6.04 Å². The molecule has 0 spiro atoms. The SMILES string of the molecule is Cc1nn(C(C)C)cc1CN(C)C1CC2CCC(C1)N2. The zero-order chi connectivity index (χ0) is 14.3. The predicted molar refractivity (Wildman–Crippen MR) is 81.8 cm³/mol. The molecule has 2 atom stereocenters. The highest BCUT2D eigenvalue weighted by atomic mass is 15.3. The summed E-state index contributed by atoms with van der Waals surface area (Å²) in [6, 6.07) is 2.71. The maximum absolute atomic E-state index is 4.63. The summed E-state index contributed by atoms with van der Waals surface area (Å²) < 4.78 is 2.09. The predicted octanol–water partition coefficient (Wildman–Crippen LogP) is 2.49. The molecule has 2 bridgehead atoms. The van der Waals surface area contributed by atoms with Crippen LogP contribution < -0.4 is 5.32 Å². The number of aryl methyl sites for hydroxylation is 1. The Morgan fingerprint density at radius 3 is 2.55 bits per heavy atom. The molecule has 20 heavy (non-hydrogen) atoms. The molecule has 0 saturated carbocycles. The van der Waals surface area contributed by atoms with Crippen molar-refractivity contribution in [1.29, 1.82) is 0 Å². The smallest absolute Gasteiger partial charge is 0.0638 e. The first-order chi connectivity index (χ1) is 9.52. The van der Waals surface area contributed by atoms with Crippen LogP contribution in [0.2, 0.25) is 0 Å². The molecule has 1 N–H and O–H groups in total. The molecule has 3 heterocycles. The molecule has 2 saturated heterocycles. The first kappa shape index (κ1) is 14.1. The molecule has 4 heteroatoms. The zero-order valence-electron chi connectivity index (χ0n) is 13.3. The van der Waals surface area contributed by atoms with E-state index in [0.717, 1.165) is 24.7 Å². The van der Waals surface area contributed by atoms with Crippen LogP contribution >= 0.6 is 0 Å². The Balaban J connectivity index is 1.65. The van der Waals surface area contributed by atoms with Gasteiger partial charge in [-0.25, -0.2) is 0 Å². The molecule has 2 unspecified atom stereocenters. The van der Waals surface area contributed by atoms with Crippen molar-refractivity contribution in [3.63, 3.8) is 0 Å². The van der Waals surface area contributed by atoms with Crippen LogP contribution in [0.3, 0.4) is 0 Å². The lowest BCUT2D eigenvalue weighted by Crippen LogP contribution is -2.46. The van der Waals surface area contributed by atoms with Crippen LogP contribution in [0, 0.1) is 6.92 Å². The summed E-state index contributed by atoms with van der Waals surface area (Å²) in [5, 5.41) is 8.35. The molecule has 2 aliphatic heterocycles. The van der Waals surface area contributed by atoms with E-state index in [-0.39, 0.29) is 0 Å². The Morgan fingerprint density at radius 1 is 1.35 bits per heavy atom. The maximum Gasteiger partial charge on any atom is 0.0638 e. The summed E-state index contributed by atoms with van der Waals surface area (Å²) in [6.07, 6.45) is 7.60. The van der Waals surface area contributed by atoms with Gasteiger partial charge in [0.2, 0.25) is 0 Å². The van der Waals surface area contributed by atoms with Crippen LogP contribution in [0.1, 0.15) is 56.8 Å². The minimum atomic E-state index is 0.447. The van der Waals surface area contributed by atoms with Crippen LogP contribution in [0.25, 0.3) is 0 Å². The van der Waals surface area contributed by atoms with E-state index in [1.165, 1.54) is 36.9 Å². The molecule has 2 aliphatic rings. The fraction of sp³-hybridized carbons (Fsp3) is 0.812. The number of hydrogen-bond acceptors (Lipinski definition) is 3. The van der Waals surface area contributed by atoms with Gasteiger partial charge in [0.15, 0.2) is 0 Å². The summed E-state index contributed by atoms with van der Waals surface area (Å²) in [6.45, 7) is 7.53. The summed E-state index contributed by atoms with van der Waals surface area (Å²) in [4.78, 5) is 2.54. The van der Waals surface area contributed by atoms with Crippen LogP contribution in [0.4, 0.5) is 0 Å². The number of fused-ring (bicyclic) bond motifs is 2. The number of rotatable bonds is 4. The minimum Gasteiger partial charge on any atom is -0.311 e. The zero-order valence-corrected chi connectivity index (χ0v) is 13.3. The molecule has 0 radical (unpaired) electrons. The molecule has 2 fully saturated rings. The second kappa shape index (κ2) is 5.49. The Kier molecular flexibility index (Phi) is 3.87. The second-order valence-corrected chi connectivity index (χ2v) is 6.99. The fourth-order valence-corrected chi connectivity index (χ4v) is 3.72. The van der Waals surface area contributed by atoms with Gasteiger partial charge in [0.05, 0.1) is 5.69 Å². The standard InChI is InChI=1S/C16H28N4/c1-11(2)20-10-13(12(3)18-20)9-19(4)16-7-14-5-6-15(8-16)17-14/h10-11,14-17H,5-9H2,1-4H3. The molecule has 3 rings (SSSR count). The Morgan fingerprint density at radius 2 is 2.00 bits per heavy atom. The van der Waals surface area contributed by atoms with Gasteiger partial charge in [0.25, 0.3) is 0 Å². The summed E-state index contributed by atoms with van der Waals surface area (Å²) in [5.41, 5.74) is 2.56. The van der Waals surface area contributed by atoms with E-state index in [1.54, 1.807) is 0 Å². The van der Waals surface area contributed by atoms with E-state index in [1.807, 2.05) is 0 Å². The summed E-state index contributed by atoms with van der Waals surface area (Å²) in [5.74, 6) is 0. The van der Waals surface area contributed by atoms with Crippen LogP contribution in [-0.4, -0.2) is 39.9 Å². The number of aromatic nitrogens is 2. The van der Waals surface area contributed by atoms with Crippen molar-refractivity contribution in [3.8, 4) is 0 Å². The Labute approximate surface area is 122 Å². The Bertz CT molecular complexity index is 453. The van der Waals surface area contributed by atoms with Gasteiger partial charge in [0.1, 0.15) is 0 Å². The molecule has 4 nitrogen and oxygen atoms in total. The molecule has 0 amide bonds. The van der Waals surface area contributed by atoms with Gasteiger partial charge in [0, 0.05) is 42.5 Å². The highest BCUT2D eigenvalue weighted by Gasteiger charge is 2.35. The molecular formula is C16H28N4. The molecule has 1 aromatic heterocycles. The average Bonchev–Trinajstić information content (AvgIpc) is 2.93. The highest BCUT2D eigenvalue weighted by molar-refractivity contribution is 5.16. The number of nitrogens with zero attached hydrogens (tertiary/aromatic N) is 3. The van der Waals surface area contributed by atoms with E-state index in [2.05, 4.69) is 54.0 Å². The van der Waals surface area contributed by atoms with Crippen molar-refractivity contribution in [3.05, 3.63) is 17.5 Å². The number of piperidine rings is 1. The lowest BCUT2D eigenvalue weighted by molar-refractivity contribution is 0.165. The van der Waals surface area contributed by atoms with E-state index in [9.17, 15) is 0 Å².